The van der Waals surface area contributed by atoms with Gasteiger partial charge in [0.1, 0.15) is 14.0 Å². The van der Waals surface area contributed by atoms with Gasteiger partial charge in [0.25, 0.3) is 0 Å². The van der Waals surface area contributed by atoms with E-state index in [1.54, 1.807) is 0 Å². The molecule has 0 saturated carbocycles. The fourth-order valence-corrected chi connectivity index (χ4v) is 2.53. The van der Waals surface area contributed by atoms with E-state index in [1.807, 2.05) is 0 Å². The van der Waals surface area contributed by atoms with Crippen LogP contribution in [0.3, 0.4) is 0 Å². The maximum Gasteiger partial charge on any atom is 0.328 e. The van der Waals surface area contributed by atoms with E-state index in [2.05, 4.69) is 4.89 Å². The monoisotopic (exact) mass is 266 g/mol. The topological polar surface area (TPSA) is 105 Å². The zero-order chi connectivity index (χ0) is 12.9. The highest BCUT2D eigenvalue weighted by atomic mass is 31.2. The van der Waals surface area contributed by atoms with Gasteiger partial charge in [-0.1, -0.05) is 0 Å². The molecule has 1 fully saturated rings. The Kier molecular flexibility index (Phi) is 6.09. The highest BCUT2D eigenvalue weighted by Crippen LogP contribution is 2.43. The lowest BCUT2D eigenvalue weighted by Gasteiger charge is -2.17. The minimum atomic E-state index is -3.74. The highest BCUT2D eigenvalue weighted by molar-refractivity contribution is 7.52. The molecule has 9 heteroatoms. The molecule has 1 aliphatic heterocycles. The number of hydrogen-bond acceptors (Lipinski definition) is 6. The van der Waals surface area contributed by atoms with E-state index in [0.29, 0.717) is 0 Å². The highest BCUT2D eigenvalue weighted by Gasteiger charge is 2.33. The van der Waals surface area contributed by atoms with Crippen molar-refractivity contribution in [2.24, 2.45) is 0 Å². The molecule has 0 bridgehead atoms. The van der Waals surface area contributed by atoms with Crippen molar-refractivity contribution in [3.8, 4) is 0 Å². The molecule has 98 valence electrons. The molecular weight excluding hydrogens is 250 g/mol. The van der Waals surface area contributed by atoms with Crippen LogP contribution in [-0.2, 0) is 18.7 Å². The number of aliphatic hydroxyl groups is 1. The number of rotatable bonds is 7. The van der Waals surface area contributed by atoms with Crippen LogP contribution >= 0.6 is 7.60 Å². The third-order valence-electron chi connectivity index (χ3n) is 2.37. The van der Waals surface area contributed by atoms with Crippen LogP contribution in [0.4, 0.5) is 0 Å². The zero-order valence-corrected chi connectivity index (χ0v) is 10.2. The zero-order valence-electron chi connectivity index (χ0n) is 9.27. The Labute approximate surface area is 101 Å². The molecule has 2 radical (unpaired) electrons. The average molecular weight is 266 g/mol. The van der Waals surface area contributed by atoms with Gasteiger partial charge in [0.05, 0.1) is 25.5 Å². The molecule has 0 aromatic heterocycles. The summed E-state index contributed by atoms with van der Waals surface area (Å²) < 4.78 is 21.4. The van der Waals surface area contributed by atoms with Crippen molar-refractivity contribution >= 4 is 15.4 Å². The van der Waals surface area contributed by atoms with Crippen molar-refractivity contribution in [3.05, 3.63) is 0 Å². The van der Waals surface area contributed by atoms with Gasteiger partial charge in [0.2, 0.25) is 0 Å². The second-order valence-corrected chi connectivity index (χ2v) is 5.84. The molecule has 0 amide bonds. The summed E-state index contributed by atoms with van der Waals surface area (Å²) in [4.78, 5) is 13.2. The molecule has 0 aromatic rings. The van der Waals surface area contributed by atoms with E-state index in [-0.39, 0.29) is 32.2 Å². The van der Waals surface area contributed by atoms with Crippen molar-refractivity contribution in [2.45, 2.75) is 31.1 Å². The van der Waals surface area contributed by atoms with Crippen LogP contribution in [0, 0.1) is 0 Å². The maximum atomic E-state index is 11.5. The fraction of sp³-hybridized carbons (Fsp3) is 1.00. The van der Waals surface area contributed by atoms with E-state index in [0.717, 1.165) is 0 Å². The Morgan fingerprint density at radius 3 is 2.76 bits per heavy atom. The molecule has 7 nitrogen and oxygen atoms in total. The van der Waals surface area contributed by atoms with Gasteiger partial charge in [-0.15, -0.1) is 0 Å². The molecule has 0 aromatic carbocycles. The summed E-state index contributed by atoms with van der Waals surface area (Å²) >= 11 is 0. The molecule has 1 aliphatic rings. The lowest BCUT2D eigenvalue weighted by Crippen LogP contribution is -2.26. The van der Waals surface area contributed by atoms with Crippen LogP contribution in [0.25, 0.3) is 0 Å². The molecule has 0 spiro atoms. The maximum absolute atomic E-state index is 11.5. The van der Waals surface area contributed by atoms with Crippen molar-refractivity contribution in [3.63, 3.8) is 0 Å². The van der Waals surface area contributed by atoms with Crippen LogP contribution in [0.5, 0.6) is 0 Å². The van der Waals surface area contributed by atoms with Crippen LogP contribution in [0.1, 0.15) is 12.8 Å². The quantitative estimate of drug-likeness (QED) is 0.191. The number of aliphatic hydroxyl groups excluding tert-OH is 1. The van der Waals surface area contributed by atoms with E-state index in [4.69, 9.17) is 22.4 Å². The first kappa shape index (κ1) is 15.1. The van der Waals surface area contributed by atoms with Gasteiger partial charge in [-0.2, -0.15) is 0 Å². The van der Waals surface area contributed by atoms with Crippen molar-refractivity contribution < 1.29 is 34.0 Å². The summed E-state index contributed by atoms with van der Waals surface area (Å²) in [6, 6.07) is -0.570. The molecule has 4 unspecified atom stereocenters. The predicted molar refractivity (Wildman–Crippen MR) is 58.9 cm³/mol. The number of hydrogen-bond donors (Lipinski definition) is 3. The van der Waals surface area contributed by atoms with Gasteiger partial charge < -0.3 is 19.3 Å². The summed E-state index contributed by atoms with van der Waals surface area (Å²) in [6.07, 6.45) is -1.13. The molecular formula is C8H16BO7P. The Morgan fingerprint density at radius 2 is 2.24 bits per heavy atom. The first-order valence-electron chi connectivity index (χ1n) is 5.26. The summed E-state index contributed by atoms with van der Waals surface area (Å²) in [6.45, 7) is -0.232. The van der Waals surface area contributed by atoms with Gasteiger partial charge in [-0.25, -0.2) is 4.89 Å². The third kappa shape index (κ3) is 5.48. The molecule has 17 heavy (non-hydrogen) atoms. The van der Waals surface area contributed by atoms with Crippen LogP contribution in [0.15, 0.2) is 0 Å². The molecule has 1 saturated heterocycles. The summed E-state index contributed by atoms with van der Waals surface area (Å²) in [5, 5.41) is 17.5. The summed E-state index contributed by atoms with van der Waals surface area (Å²) in [5.41, 5.74) is 0. The van der Waals surface area contributed by atoms with E-state index < -0.39 is 25.8 Å². The Hall–Kier alpha value is 0.0549. The Balaban J connectivity index is 2.26. The van der Waals surface area contributed by atoms with Crippen molar-refractivity contribution in [1.82, 2.24) is 0 Å². The number of ether oxygens (including phenoxy) is 1. The molecule has 1 rings (SSSR count). The fourth-order valence-electron chi connectivity index (χ4n) is 1.49. The van der Waals surface area contributed by atoms with Gasteiger partial charge in [0.15, 0.2) is 0 Å². The van der Waals surface area contributed by atoms with Gasteiger partial charge in [-0.3, -0.25) is 9.82 Å². The first-order chi connectivity index (χ1) is 7.94. The lowest BCUT2D eigenvalue weighted by atomic mass is 9.96. The van der Waals surface area contributed by atoms with Gasteiger partial charge >= 0.3 is 7.60 Å². The van der Waals surface area contributed by atoms with E-state index in [9.17, 15) is 14.6 Å². The third-order valence-corrected chi connectivity index (χ3v) is 3.80. The van der Waals surface area contributed by atoms with Gasteiger partial charge in [-0.05, 0) is 12.8 Å². The molecule has 4 atom stereocenters. The predicted octanol–water partition coefficient (Wildman–Crippen LogP) is -0.287. The molecule has 1 heterocycles. The normalized spacial score (nSPS) is 32.5. The molecule has 3 N–H and O–H groups in total. The summed E-state index contributed by atoms with van der Waals surface area (Å²) in [5.74, 6) is 0. The Morgan fingerprint density at radius 1 is 1.53 bits per heavy atom. The minimum Gasteiger partial charge on any atom is -0.390 e. The van der Waals surface area contributed by atoms with E-state index >= 15 is 0 Å². The van der Waals surface area contributed by atoms with Gasteiger partial charge in [0, 0.05) is 6.00 Å². The lowest BCUT2D eigenvalue weighted by molar-refractivity contribution is -0.241. The van der Waals surface area contributed by atoms with Crippen LogP contribution in [-0.4, -0.2) is 60.7 Å². The second kappa shape index (κ2) is 6.85. The SMILES string of the molecule is [B]C1CC(O)C(COP(=O)(O)CCCOO)O1. The Bertz CT molecular complexity index is 277. The van der Waals surface area contributed by atoms with Crippen LogP contribution in [0.2, 0.25) is 0 Å². The first-order valence-corrected chi connectivity index (χ1v) is 7.03. The smallest absolute Gasteiger partial charge is 0.328 e. The largest absolute Gasteiger partial charge is 0.390 e. The van der Waals surface area contributed by atoms with E-state index in [1.165, 1.54) is 0 Å². The minimum absolute atomic E-state index is 0.0403. The van der Waals surface area contributed by atoms with Crippen molar-refractivity contribution in [1.29, 1.82) is 0 Å². The molecule has 0 aliphatic carbocycles. The summed E-state index contributed by atoms with van der Waals surface area (Å²) in [7, 11) is 1.70. The van der Waals surface area contributed by atoms with Crippen LogP contribution < -0.4 is 0 Å². The standard InChI is InChI=1S/C8H16BO7P/c9-8-4-6(10)7(16-8)5-15-17(12,13)3-1-2-14-11/h6-8,10-11H,1-5H2,(H,12,13). The average Bonchev–Trinajstić information content (AvgIpc) is 2.55. The van der Waals surface area contributed by atoms with Crippen molar-refractivity contribution in [2.75, 3.05) is 19.4 Å². The second-order valence-electron chi connectivity index (χ2n) is 3.86.